The molecule has 2 aromatic carbocycles. The third-order valence-corrected chi connectivity index (χ3v) is 6.52. The number of carbonyl (C=O) groups excluding carboxylic acids is 1. The van der Waals surface area contributed by atoms with Crippen molar-refractivity contribution in [2.45, 2.75) is 25.2 Å². The molecule has 0 aromatic heterocycles. The lowest BCUT2D eigenvalue weighted by atomic mass is 10.1. The molecule has 0 saturated carbocycles. The lowest BCUT2D eigenvalue weighted by Gasteiger charge is -2.34. The molecule has 1 saturated heterocycles. The van der Waals surface area contributed by atoms with Crippen molar-refractivity contribution >= 4 is 23.8 Å². The number of methoxy groups -OCH3 is 1. The van der Waals surface area contributed by atoms with Crippen molar-refractivity contribution in [2.75, 3.05) is 39.9 Å². The molecule has 1 aliphatic rings. The van der Waals surface area contributed by atoms with E-state index in [0.29, 0.717) is 45.2 Å². The predicted octanol–water partition coefficient (Wildman–Crippen LogP) is 3.61. The number of hydrogen-bond donors (Lipinski definition) is 0. The standard InChI is InChI=1S/C24H31N3O3S.CH2O/c1-5-30-22-9-11-23(12-10-22)31(28)27-15-13-26(14-16-27)24(29-4)25-20(3)18-21-8-6-7-19(2)17-21;1-2/h6-12,17H,3,5,13-16,18H2,1-2,4H3;1H2. The molecule has 0 N–H and O–H groups in total. The molecule has 0 spiro atoms. The second-order valence-corrected chi connectivity index (χ2v) is 8.89. The maximum absolute atomic E-state index is 12.9. The SMILES string of the molecule is C=C(Cc1cccc(C)c1)N=C(OC)N1CCN(S(=O)c2ccc(OCC)cc2)CC1.C=O. The Morgan fingerprint density at radius 1 is 1.09 bits per heavy atom. The fourth-order valence-electron chi connectivity index (χ4n) is 3.49. The first-order valence-electron chi connectivity index (χ1n) is 10.8. The van der Waals surface area contributed by atoms with Crippen LogP contribution < -0.4 is 4.74 Å². The summed E-state index contributed by atoms with van der Waals surface area (Å²) in [5, 5.41) is 0. The van der Waals surface area contributed by atoms with Crippen LogP contribution in [0.15, 0.2) is 70.7 Å². The van der Waals surface area contributed by atoms with Gasteiger partial charge in [0.2, 0.25) is 0 Å². The molecular formula is C25H33N3O4S. The number of rotatable bonds is 7. The number of hydrogen-bond acceptors (Lipinski definition) is 5. The normalized spacial score (nSPS) is 15.2. The van der Waals surface area contributed by atoms with Crippen LogP contribution in [-0.4, -0.2) is 66.1 Å². The first-order chi connectivity index (χ1) is 16.0. The minimum atomic E-state index is -1.20. The minimum absolute atomic E-state index is 0.559. The maximum atomic E-state index is 12.9. The highest BCUT2D eigenvalue weighted by atomic mass is 32.2. The molecule has 178 valence electrons. The zero-order valence-electron chi connectivity index (χ0n) is 19.7. The van der Waals surface area contributed by atoms with E-state index < -0.39 is 11.0 Å². The van der Waals surface area contributed by atoms with Crippen LogP contribution in [0, 0.1) is 6.92 Å². The van der Waals surface area contributed by atoms with Gasteiger partial charge in [-0.25, -0.2) is 13.5 Å². The Balaban J connectivity index is 0.00000187. The number of aliphatic imine (C=N–C) groups is 1. The van der Waals surface area contributed by atoms with Crippen LogP contribution >= 0.6 is 0 Å². The van der Waals surface area contributed by atoms with Crippen LogP contribution in [0.4, 0.5) is 0 Å². The van der Waals surface area contributed by atoms with E-state index in [9.17, 15) is 4.21 Å². The molecule has 0 amide bonds. The maximum Gasteiger partial charge on any atom is 0.292 e. The Morgan fingerprint density at radius 3 is 2.33 bits per heavy atom. The quantitative estimate of drug-likeness (QED) is 0.456. The van der Waals surface area contributed by atoms with Crippen molar-refractivity contribution < 1.29 is 18.5 Å². The second-order valence-electron chi connectivity index (χ2n) is 7.40. The summed E-state index contributed by atoms with van der Waals surface area (Å²) in [6.45, 7) is 13.4. The zero-order chi connectivity index (χ0) is 24.2. The highest BCUT2D eigenvalue weighted by Gasteiger charge is 2.24. The zero-order valence-corrected chi connectivity index (χ0v) is 20.5. The van der Waals surface area contributed by atoms with Gasteiger partial charge in [0.05, 0.1) is 18.6 Å². The Bertz CT molecular complexity index is 954. The lowest BCUT2D eigenvalue weighted by Crippen LogP contribution is -2.49. The molecule has 1 heterocycles. The van der Waals surface area contributed by atoms with E-state index in [1.54, 1.807) is 7.11 Å². The molecule has 1 fully saturated rings. The molecule has 0 radical (unpaired) electrons. The number of nitrogens with zero attached hydrogens (tertiary/aromatic N) is 3. The molecule has 0 aliphatic carbocycles. The summed E-state index contributed by atoms with van der Waals surface area (Å²) in [5.41, 5.74) is 3.15. The average molecular weight is 472 g/mol. The number of piperazine rings is 1. The van der Waals surface area contributed by atoms with Gasteiger partial charge in [-0.15, -0.1) is 0 Å². The topological polar surface area (TPSA) is 71.4 Å². The largest absolute Gasteiger partial charge is 0.494 e. The number of carbonyl (C=O) groups is 1. The van der Waals surface area contributed by atoms with E-state index in [4.69, 9.17) is 14.3 Å². The summed E-state index contributed by atoms with van der Waals surface area (Å²) in [4.78, 5) is 15.5. The van der Waals surface area contributed by atoms with Crippen molar-refractivity contribution in [3.8, 4) is 5.75 Å². The Hall–Kier alpha value is -2.97. The van der Waals surface area contributed by atoms with Crippen molar-refractivity contribution in [3.63, 3.8) is 0 Å². The summed E-state index contributed by atoms with van der Waals surface area (Å²) >= 11 is 0. The van der Waals surface area contributed by atoms with Gasteiger partial charge in [0.25, 0.3) is 6.02 Å². The molecule has 8 heteroatoms. The Kier molecular flexibility index (Phi) is 10.8. The van der Waals surface area contributed by atoms with Crippen LogP contribution in [0.5, 0.6) is 5.75 Å². The summed E-state index contributed by atoms with van der Waals surface area (Å²) < 4.78 is 25.9. The molecular weight excluding hydrogens is 438 g/mol. The van der Waals surface area contributed by atoms with Crippen LogP contribution in [0.2, 0.25) is 0 Å². The van der Waals surface area contributed by atoms with E-state index in [1.165, 1.54) is 11.1 Å². The molecule has 7 nitrogen and oxygen atoms in total. The van der Waals surface area contributed by atoms with E-state index in [0.717, 1.165) is 16.3 Å². The Morgan fingerprint density at radius 2 is 1.76 bits per heavy atom. The van der Waals surface area contributed by atoms with Crippen molar-refractivity contribution in [1.29, 1.82) is 0 Å². The number of ether oxygens (including phenoxy) is 2. The summed E-state index contributed by atoms with van der Waals surface area (Å²) in [5.74, 6) is 0.792. The monoisotopic (exact) mass is 471 g/mol. The molecule has 1 unspecified atom stereocenters. The molecule has 3 rings (SSSR count). The average Bonchev–Trinajstić information content (AvgIpc) is 2.84. The first-order valence-corrected chi connectivity index (χ1v) is 11.9. The molecule has 0 bridgehead atoms. The van der Waals surface area contributed by atoms with Gasteiger partial charge < -0.3 is 19.2 Å². The van der Waals surface area contributed by atoms with E-state index in [-0.39, 0.29) is 0 Å². The van der Waals surface area contributed by atoms with Gasteiger partial charge in [-0.3, -0.25) is 0 Å². The van der Waals surface area contributed by atoms with Gasteiger partial charge in [-0.05, 0) is 43.7 Å². The van der Waals surface area contributed by atoms with E-state index in [1.807, 2.05) is 48.3 Å². The predicted molar refractivity (Wildman–Crippen MR) is 133 cm³/mol. The van der Waals surface area contributed by atoms with Gasteiger partial charge in [0.1, 0.15) is 23.5 Å². The third-order valence-electron chi connectivity index (χ3n) is 5.01. The van der Waals surface area contributed by atoms with Crippen molar-refractivity contribution in [2.24, 2.45) is 4.99 Å². The summed E-state index contributed by atoms with van der Waals surface area (Å²) in [6, 6.07) is 16.4. The van der Waals surface area contributed by atoms with Crippen molar-refractivity contribution in [3.05, 3.63) is 71.9 Å². The molecule has 1 atom stereocenters. The molecule has 2 aromatic rings. The number of aryl methyl sites for hydroxylation is 1. The van der Waals surface area contributed by atoms with E-state index >= 15 is 0 Å². The highest BCUT2D eigenvalue weighted by Crippen LogP contribution is 2.19. The smallest absolute Gasteiger partial charge is 0.292 e. The molecule has 33 heavy (non-hydrogen) atoms. The Labute approximate surface area is 199 Å². The third kappa shape index (κ3) is 7.83. The van der Waals surface area contributed by atoms with Crippen LogP contribution in [0.1, 0.15) is 18.1 Å². The van der Waals surface area contributed by atoms with Crippen molar-refractivity contribution in [1.82, 2.24) is 9.21 Å². The van der Waals surface area contributed by atoms with Gasteiger partial charge in [0.15, 0.2) is 0 Å². The van der Waals surface area contributed by atoms with Gasteiger partial charge in [0, 0.05) is 38.3 Å². The number of amidine groups is 1. The van der Waals surface area contributed by atoms with Crippen LogP contribution in [-0.2, 0) is 26.9 Å². The van der Waals surface area contributed by atoms with Crippen LogP contribution in [0.3, 0.4) is 0 Å². The van der Waals surface area contributed by atoms with Gasteiger partial charge >= 0.3 is 0 Å². The fourth-order valence-corrected chi connectivity index (χ4v) is 4.65. The van der Waals surface area contributed by atoms with Gasteiger partial charge in [-0.2, -0.15) is 0 Å². The summed E-state index contributed by atoms with van der Waals surface area (Å²) in [7, 11) is 0.429. The first kappa shape index (κ1) is 26.3. The number of benzene rings is 2. The highest BCUT2D eigenvalue weighted by molar-refractivity contribution is 7.82. The second kappa shape index (κ2) is 13.5. The number of allylic oxidation sites excluding steroid dienone is 1. The van der Waals surface area contributed by atoms with E-state index in [2.05, 4.69) is 41.6 Å². The fraction of sp³-hybridized carbons (Fsp3) is 0.360. The summed E-state index contributed by atoms with van der Waals surface area (Å²) in [6.07, 6.45) is 0.677. The minimum Gasteiger partial charge on any atom is -0.494 e. The van der Waals surface area contributed by atoms with Gasteiger partial charge in [-0.1, -0.05) is 36.4 Å². The lowest BCUT2D eigenvalue weighted by molar-refractivity contribution is -0.0980. The van der Waals surface area contributed by atoms with Crippen LogP contribution in [0.25, 0.3) is 0 Å². The molecule has 1 aliphatic heterocycles.